The van der Waals surface area contributed by atoms with E-state index >= 15 is 0 Å². The average Bonchev–Trinajstić information content (AvgIpc) is 2.19. The van der Waals surface area contributed by atoms with Gasteiger partial charge in [-0.05, 0) is 18.2 Å². The van der Waals surface area contributed by atoms with Crippen LogP contribution in [-0.4, -0.2) is 24.0 Å². The number of rotatable bonds is 2. The molecule has 0 saturated heterocycles. The van der Waals surface area contributed by atoms with Crippen molar-refractivity contribution in [1.29, 1.82) is 0 Å². The van der Waals surface area contributed by atoms with Gasteiger partial charge in [-0.25, -0.2) is 4.79 Å². The summed E-state index contributed by atoms with van der Waals surface area (Å²) in [5.74, 6) is -1.35. The molecule has 0 aliphatic carbocycles. The molecule has 0 aliphatic heterocycles. The number of benzene rings is 1. The number of aromatic carboxylic acids is 1. The molecular formula is C9H13NO5S. The summed E-state index contributed by atoms with van der Waals surface area (Å²) in [7, 11) is -4.39. The first kappa shape index (κ1) is 14.4. The van der Waals surface area contributed by atoms with E-state index in [2.05, 4.69) is 0 Å². The lowest BCUT2D eigenvalue weighted by molar-refractivity contribution is 0.0698. The largest absolute Gasteiger partial charge is 0.478 e. The van der Waals surface area contributed by atoms with Gasteiger partial charge in [0, 0.05) is 5.69 Å². The summed E-state index contributed by atoms with van der Waals surface area (Å²) in [6, 6.07) is 2.93. The zero-order chi connectivity index (χ0) is 12.9. The molecule has 0 radical (unpaired) electrons. The Morgan fingerprint density at radius 2 is 1.81 bits per heavy atom. The fraction of sp³-hybridized carbons (Fsp3) is 0.222. The minimum Gasteiger partial charge on any atom is -0.478 e. The van der Waals surface area contributed by atoms with Crippen molar-refractivity contribution in [1.82, 2.24) is 0 Å². The van der Waals surface area contributed by atoms with Crippen LogP contribution in [0.1, 0.15) is 24.2 Å². The molecule has 0 bridgehead atoms. The van der Waals surface area contributed by atoms with Crippen molar-refractivity contribution in [3.8, 4) is 0 Å². The maximum Gasteiger partial charge on any atom is 0.337 e. The van der Waals surface area contributed by atoms with E-state index in [-0.39, 0.29) is 11.3 Å². The molecule has 1 rings (SSSR count). The van der Waals surface area contributed by atoms with Crippen molar-refractivity contribution in [2.45, 2.75) is 18.7 Å². The smallest absolute Gasteiger partial charge is 0.337 e. The van der Waals surface area contributed by atoms with Crippen LogP contribution in [0.25, 0.3) is 0 Å². The van der Waals surface area contributed by atoms with Crippen LogP contribution in [0, 0.1) is 0 Å². The summed E-state index contributed by atoms with van der Waals surface area (Å²) in [6.07, 6.45) is 0. The number of anilines is 1. The van der Waals surface area contributed by atoms with E-state index < -0.39 is 21.0 Å². The number of nitrogens with two attached hydrogens (primary N) is 1. The lowest BCUT2D eigenvalue weighted by Crippen LogP contribution is -2.05. The Hall–Kier alpha value is -1.60. The second kappa shape index (κ2) is 5.47. The first-order valence-corrected chi connectivity index (χ1v) is 5.86. The fourth-order valence-electron chi connectivity index (χ4n) is 0.881. The molecule has 0 saturated carbocycles. The lowest BCUT2D eigenvalue weighted by Gasteiger charge is -2.02. The van der Waals surface area contributed by atoms with Crippen LogP contribution in [-0.2, 0) is 10.1 Å². The molecule has 0 spiro atoms. The molecule has 0 aromatic heterocycles. The molecule has 90 valence electrons. The highest BCUT2D eigenvalue weighted by Crippen LogP contribution is 2.17. The third-order valence-electron chi connectivity index (χ3n) is 1.55. The number of carbonyl (C=O) groups is 1. The van der Waals surface area contributed by atoms with Crippen LogP contribution >= 0.6 is 0 Å². The molecule has 0 amide bonds. The molecule has 7 heteroatoms. The van der Waals surface area contributed by atoms with E-state index in [1.165, 1.54) is 0 Å². The van der Waals surface area contributed by atoms with Crippen molar-refractivity contribution in [3.05, 3.63) is 23.8 Å². The van der Waals surface area contributed by atoms with Gasteiger partial charge in [0.05, 0.1) is 10.5 Å². The van der Waals surface area contributed by atoms with Crippen LogP contribution < -0.4 is 5.73 Å². The second-order valence-corrected chi connectivity index (χ2v) is 3.95. The fourth-order valence-corrected chi connectivity index (χ4v) is 1.39. The summed E-state index contributed by atoms with van der Waals surface area (Å²) in [4.78, 5) is 10.0. The first-order valence-electron chi connectivity index (χ1n) is 4.42. The number of nitrogen functional groups attached to an aromatic ring is 1. The van der Waals surface area contributed by atoms with Gasteiger partial charge in [0.2, 0.25) is 0 Å². The predicted molar refractivity (Wildman–Crippen MR) is 59.0 cm³/mol. The second-order valence-electron chi connectivity index (χ2n) is 2.53. The Kier molecular flexibility index (Phi) is 4.93. The van der Waals surface area contributed by atoms with E-state index in [9.17, 15) is 13.2 Å². The van der Waals surface area contributed by atoms with Crippen molar-refractivity contribution >= 4 is 21.8 Å². The van der Waals surface area contributed by atoms with Crippen molar-refractivity contribution in [2.75, 3.05) is 5.73 Å². The van der Waals surface area contributed by atoms with Gasteiger partial charge >= 0.3 is 5.97 Å². The zero-order valence-corrected chi connectivity index (χ0v) is 9.65. The molecule has 0 atom stereocenters. The summed E-state index contributed by atoms with van der Waals surface area (Å²) in [5.41, 5.74) is 4.85. The third-order valence-corrected chi connectivity index (χ3v) is 2.40. The number of carboxylic acids is 1. The number of hydrogen-bond acceptors (Lipinski definition) is 4. The minimum absolute atomic E-state index is 0.0649. The normalized spacial score (nSPS) is 10.2. The molecule has 4 N–H and O–H groups in total. The van der Waals surface area contributed by atoms with Gasteiger partial charge < -0.3 is 10.8 Å². The highest BCUT2D eigenvalue weighted by molar-refractivity contribution is 7.85. The molecule has 1 aromatic carbocycles. The Bertz CT molecular complexity index is 481. The van der Waals surface area contributed by atoms with Gasteiger partial charge in [-0.1, -0.05) is 13.8 Å². The van der Waals surface area contributed by atoms with Crippen LogP contribution in [0.4, 0.5) is 5.69 Å². The van der Waals surface area contributed by atoms with Crippen molar-refractivity contribution in [2.24, 2.45) is 0 Å². The summed E-state index contributed by atoms with van der Waals surface area (Å²) in [6.45, 7) is 4.00. The van der Waals surface area contributed by atoms with Crippen LogP contribution in [0.15, 0.2) is 23.1 Å². The van der Waals surface area contributed by atoms with Gasteiger partial charge in [-0.3, -0.25) is 4.55 Å². The number of hydrogen-bond donors (Lipinski definition) is 3. The van der Waals surface area contributed by atoms with E-state index in [0.29, 0.717) is 0 Å². The minimum atomic E-state index is -4.39. The Morgan fingerprint density at radius 1 is 1.31 bits per heavy atom. The summed E-state index contributed by atoms with van der Waals surface area (Å²) >= 11 is 0. The molecule has 0 aliphatic rings. The van der Waals surface area contributed by atoms with Crippen LogP contribution in [0.3, 0.4) is 0 Å². The molecule has 1 aromatic rings. The first-order chi connectivity index (χ1) is 7.32. The standard InChI is InChI=1S/C7H7NO5S.C2H6/c8-6-2-1-4(14(11,12)13)3-5(6)7(9)10;1-2/h1-3H,8H2,(H,9,10)(H,11,12,13);1-2H3. The topological polar surface area (TPSA) is 118 Å². The Balaban J connectivity index is 0.00000106. The predicted octanol–water partition coefficient (Wildman–Crippen LogP) is 1.24. The van der Waals surface area contributed by atoms with Gasteiger partial charge in [0.1, 0.15) is 0 Å². The van der Waals surface area contributed by atoms with E-state index in [1.807, 2.05) is 13.8 Å². The zero-order valence-electron chi connectivity index (χ0n) is 8.84. The molecular weight excluding hydrogens is 234 g/mol. The van der Waals surface area contributed by atoms with E-state index in [0.717, 1.165) is 18.2 Å². The Labute approximate surface area is 93.5 Å². The average molecular weight is 247 g/mol. The highest BCUT2D eigenvalue weighted by Gasteiger charge is 2.14. The molecule has 0 heterocycles. The molecule has 6 nitrogen and oxygen atoms in total. The molecule has 0 unspecified atom stereocenters. The third kappa shape index (κ3) is 3.52. The maximum atomic E-state index is 10.6. The Morgan fingerprint density at radius 3 is 2.19 bits per heavy atom. The van der Waals surface area contributed by atoms with Gasteiger partial charge in [-0.2, -0.15) is 8.42 Å². The van der Waals surface area contributed by atoms with Crippen molar-refractivity contribution < 1.29 is 22.9 Å². The summed E-state index contributed by atoms with van der Waals surface area (Å²) < 4.78 is 29.9. The van der Waals surface area contributed by atoms with Crippen LogP contribution in [0.2, 0.25) is 0 Å². The number of carboxylic acid groups (broad SMARTS) is 1. The van der Waals surface area contributed by atoms with Crippen LogP contribution in [0.5, 0.6) is 0 Å². The molecule has 16 heavy (non-hydrogen) atoms. The quantitative estimate of drug-likeness (QED) is 0.534. The van der Waals surface area contributed by atoms with Gasteiger partial charge in [0.15, 0.2) is 0 Å². The van der Waals surface area contributed by atoms with Gasteiger partial charge in [-0.15, -0.1) is 0 Å². The maximum absolute atomic E-state index is 10.6. The van der Waals surface area contributed by atoms with Crippen molar-refractivity contribution in [3.63, 3.8) is 0 Å². The van der Waals surface area contributed by atoms with Gasteiger partial charge in [0.25, 0.3) is 10.1 Å². The van der Waals surface area contributed by atoms with E-state index in [1.54, 1.807) is 0 Å². The van der Waals surface area contributed by atoms with E-state index in [4.69, 9.17) is 15.4 Å². The summed E-state index contributed by atoms with van der Waals surface area (Å²) in [5, 5.41) is 8.60. The SMILES string of the molecule is CC.Nc1ccc(S(=O)(=O)O)cc1C(=O)O. The monoisotopic (exact) mass is 247 g/mol. The molecule has 0 fully saturated rings. The highest BCUT2D eigenvalue weighted by atomic mass is 32.2. The lowest BCUT2D eigenvalue weighted by atomic mass is 10.2.